The minimum atomic E-state index is -0.512. The van der Waals surface area contributed by atoms with Crippen molar-refractivity contribution in [3.63, 3.8) is 0 Å². The molecule has 0 saturated carbocycles. The lowest BCUT2D eigenvalue weighted by Crippen LogP contribution is -2.36. The highest BCUT2D eigenvalue weighted by Crippen LogP contribution is 2.08. The molecule has 0 bridgehead atoms. The molecule has 28 heavy (non-hydrogen) atoms. The molecule has 0 unspecified atom stereocenters. The predicted octanol–water partition coefficient (Wildman–Crippen LogP) is 2.81. The molecule has 0 atom stereocenters. The summed E-state index contributed by atoms with van der Waals surface area (Å²) < 4.78 is 21.1. The molecule has 0 heterocycles. The average Bonchev–Trinajstić information content (AvgIpc) is 2.64. The van der Waals surface area contributed by atoms with Crippen LogP contribution >= 0.6 is 0 Å². The van der Waals surface area contributed by atoms with Crippen molar-refractivity contribution in [1.29, 1.82) is 0 Å². The van der Waals surface area contributed by atoms with E-state index in [2.05, 4.69) is 5.32 Å². The van der Waals surface area contributed by atoms with Crippen LogP contribution in [0.4, 0.5) is 9.59 Å². The van der Waals surface area contributed by atoms with Gasteiger partial charge in [0, 0.05) is 20.1 Å². The Labute approximate surface area is 167 Å². The largest absolute Gasteiger partial charge is 0.445 e. The zero-order valence-corrected chi connectivity index (χ0v) is 17.2. The van der Waals surface area contributed by atoms with Crippen molar-refractivity contribution >= 4 is 12.2 Å². The molecule has 0 aliphatic rings. The van der Waals surface area contributed by atoms with Gasteiger partial charge >= 0.3 is 12.2 Å². The second-order valence-corrected chi connectivity index (χ2v) is 7.12. The standard InChI is InChI=1S/C20H32N2O6/c1-20(2,3)28-19(24)22(4)11-13-26-15-14-25-12-10-21-18(23)27-16-17-8-6-5-7-9-17/h5-9H,10-16H2,1-4H3,(H,21,23). The number of ether oxygens (including phenoxy) is 4. The highest BCUT2D eigenvalue weighted by atomic mass is 16.6. The fourth-order valence-electron chi connectivity index (χ4n) is 1.95. The molecule has 1 rings (SSSR count). The summed E-state index contributed by atoms with van der Waals surface area (Å²) in [5.74, 6) is 0. The van der Waals surface area contributed by atoms with E-state index in [1.165, 1.54) is 4.90 Å². The molecule has 1 aromatic carbocycles. The van der Waals surface area contributed by atoms with Gasteiger partial charge in [-0.1, -0.05) is 30.3 Å². The molecule has 1 N–H and O–H groups in total. The smallest absolute Gasteiger partial charge is 0.410 e. The number of rotatable bonds is 11. The van der Waals surface area contributed by atoms with E-state index in [9.17, 15) is 9.59 Å². The van der Waals surface area contributed by atoms with Gasteiger partial charge in [-0.25, -0.2) is 9.59 Å². The Morgan fingerprint density at radius 2 is 1.64 bits per heavy atom. The molecular weight excluding hydrogens is 364 g/mol. The molecule has 0 aromatic heterocycles. The zero-order chi connectivity index (χ0) is 20.8. The van der Waals surface area contributed by atoms with Crippen LogP contribution in [0, 0.1) is 0 Å². The summed E-state index contributed by atoms with van der Waals surface area (Å²) in [7, 11) is 1.66. The van der Waals surface area contributed by atoms with Crippen molar-refractivity contribution in [2.24, 2.45) is 0 Å². The third-order valence-corrected chi connectivity index (χ3v) is 3.38. The molecular formula is C20H32N2O6. The van der Waals surface area contributed by atoms with Crippen molar-refractivity contribution in [1.82, 2.24) is 10.2 Å². The Kier molecular flexibility index (Phi) is 11.0. The van der Waals surface area contributed by atoms with Gasteiger partial charge in [0.25, 0.3) is 0 Å². The topological polar surface area (TPSA) is 86.3 Å². The van der Waals surface area contributed by atoms with Crippen molar-refractivity contribution in [3.8, 4) is 0 Å². The van der Waals surface area contributed by atoms with E-state index in [-0.39, 0.29) is 12.7 Å². The lowest BCUT2D eigenvalue weighted by atomic mass is 10.2. The van der Waals surface area contributed by atoms with Crippen LogP contribution in [-0.4, -0.2) is 69.3 Å². The molecule has 158 valence electrons. The van der Waals surface area contributed by atoms with E-state index >= 15 is 0 Å². The first-order valence-corrected chi connectivity index (χ1v) is 9.32. The molecule has 1 aromatic rings. The van der Waals surface area contributed by atoms with Crippen molar-refractivity contribution in [3.05, 3.63) is 35.9 Å². The van der Waals surface area contributed by atoms with Crippen molar-refractivity contribution in [2.75, 3.05) is 46.6 Å². The number of benzene rings is 1. The van der Waals surface area contributed by atoms with Gasteiger partial charge in [-0.2, -0.15) is 0 Å². The van der Waals surface area contributed by atoms with E-state index in [0.29, 0.717) is 39.5 Å². The molecule has 2 amide bonds. The number of hydrogen-bond acceptors (Lipinski definition) is 6. The normalized spacial score (nSPS) is 11.0. The summed E-state index contributed by atoms with van der Waals surface area (Å²) in [5.41, 5.74) is 0.422. The number of carbonyl (C=O) groups excluding carboxylic acids is 2. The quantitative estimate of drug-likeness (QED) is 0.579. The summed E-state index contributed by atoms with van der Waals surface area (Å²) >= 11 is 0. The minimum Gasteiger partial charge on any atom is -0.445 e. The Hall–Kier alpha value is -2.32. The molecule has 0 fully saturated rings. The first-order valence-electron chi connectivity index (χ1n) is 9.32. The Bertz CT molecular complexity index is 574. The maximum Gasteiger partial charge on any atom is 0.410 e. The summed E-state index contributed by atoms with van der Waals surface area (Å²) in [5, 5.41) is 2.62. The van der Waals surface area contributed by atoms with Gasteiger partial charge < -0.3 is 29.2 Å². The van der Waals surface area contributed by atoms with Gasteiger partial charge in [0.15, 0.2) is 0 Å². The predicted molar refractivity (Wildman–Crippen MR) is 105 cm³/mol. The molecule has 0 spiro atoms. The van der Waals surface area contributed by atoms with Crippen LogP contribution in [0.25, 0.3) is 0 Å². The second-order valence-electron chi connectivity index (χ2n) is 7.12. The summed E-state index contributed by atoms with van der Waals surface area (Å²) in [6, 6.07) is 9.47. The van der Waals surface area contributed by atoms with Gasteiger partial charge in [0.2, 0.25) is 0 Å². The number of hydrogen-bond donors (Lipinski definition) is 1. The van der Waals surface area contributed by atoms with E-state index in [1.807, 2.05) is 51.1 Å². The van der Waals surface area contributed by atoms with Crippen molar-refractivity contribution in [2.45, 2.75) is 33.0 Å². The van der Waals surface area contributed by atoms with Crippen LogP contribution in [0.5, 0.6) is 0 Å². The molecule has 0 saturated heterocycles. The zero-order valence-electron chi connectivity index (χ0n) is 17.2. The Morgan fingerprint density at radius 3 is 2.29 bits per heavy atom. The summed E-state index contributed by atoms with van der Waals surface area (Å²) in [6.07, 6.45) is -0.855. The summed E-state index contributed by atoms with van der Waals surface area (Å²) in [6.45, 7) is 8.05. The summed E-state index contributed by atoms with van der Waals surface area (Å²) in [4.78, 5) is 24.8. The highest BCUT2D eigenvalue weighted by molar-refractivity contribution is 5.67. The van der Waals surface area contributed by atoms with Crippen LogP contribution in [0.3, 0.4) is 0 Å². The van der Waals surface area contributed by atoms with Gasteiger partial charge in [0.1, 0.15) is 12.2 Å². The van der Waals surface area contributed by atoms with Gasteiger partial charge in [-0.05, 0) is 26.3 Å². The van der Waals surface area contributed by atoms with Crippen LogP contribution in [-0.2, 0) is 25.6 Å². The fraction of sp³-hybridized carbons (Fsp3) is 0.600. The Morgan fingerprint density at radius 1 is 1.00 bits per heavy atom. The second kappa shape index (κ2) is 13.0. The first kappa shape index (κ1) is 23.7. The fourth-order valence-corrected chi connectivity index (χ4v) is 1.95. The molecule has 0 aliphatic heterocycles. The number of nitrogens with one attached hydrogen (secondary N) is 1. The number of alkyl carbamates (subject to hydrolysis) is 1. The third kappa shape index (κ3) is 12.1. The number of amides is 2. The SMILES string of the molecule is CN(CCOCCOCCNC(=O)OCc1ccccc1)C(=O)OC(C)(C)C. The van der Waals surface area contributed by atoms with E-state index in [0.717, 1.165) is 5.56 Å². The van der Waals surface area contributed by atoms with Crippen LogP contribution in [0.2, 0.25) is 0 Å². The van der Waals surface area contributed by atoms with Crippen LogP contribution in [0.1, 0.15) is 26.3 Å². The molecule has 0 radical (unpaired) electrons. The molecule has 0 aliphatic carbocycles. The minimum absolute atomic E-state index is 0.235. The van der Waals surface area contributed by atoms with E-state index < -0.39 is 11.7 Å². The average molecular weight is 396 g/mol. The lowest BCUT2D eigenvalue weighted by Gasteiger charge is -2.24. The van der Waals surface area contributed by atoms with Gasteiger partial charge in [0.05, 0.1) is 26.4 Å². The lowest BCUT2D eigenvalue weighted by molar-refractivity contribution is 0.0161. The Balaban J connectivity index is 1.93. The molecule has 8 heteroatoms. The number of carbonyl (C=O) groups is 2. The highest BCUT2D eigenvalue weighted by Gasteiger charge is 2.19. The van der Waals surface area contributed by atoms with E-state index in [4.69, 9.17) is 18.9 Å². The van der Waals surface area contributed by atoms with Crippen LogP contribution < -0.4 is 5.32 Å². The monoisotopic (exact) mass is 396 g/mol. The maximum absolute atomic E-state index is 11.8. The van der Waals surface area contributed by atoms with Gasteiger partial charge in [-0.3, -0.25) is 0 Å². The van der Waals surface area contributed by atoms with Crippen molar-refractivity contribution < 1.29 is 28.5 Å². The number of nitrogens with zero attached hydrogens (tertiary/aromatic N) is 1. The maximum atomic E-state index is 11.8. The first-order chi connectivity index (χ1) is 13.3. The number of likely N-dealkylation sites (N-methyl/N-ethyl adjacent to an activating group) is 1. The van der Waals surface area contributed by atoms with Crippen LogP contribution in [0.15, 0.2) is 30.3 Å². The van der Waals surface area contributed by atoms with Gasteiger partial charge in [-0.15, -0.1) is 0 Å². The third-order valence-electron chi connectivity index (χ3n) is 3.38. The molecule has 8 nitrogen and oxygen atoms in total. The van der Waals surface area contributed by atoms with E-state index in [1.54, 1.807) is 7.05 Å².